The van der Waals surface area contributed by atoms with Gasteiger partial charge in [0.05, 0.1) is 7.11 Å². The number of amides is 1. The van der Waals surface area contributed by atoms with Crippen LogP contribution in [-0.2, 0) is 9.53 Å². The summed E-state index contributed by atoms with van der Waals surface area (Å²) in [4.78, 5) is 11.9. The predicted octanol–water partition coefficient (Wildman–Crippen LogP) is 2.22. The third-order valence-electron chi connectivity index (χ3n) is 2.76. The lowest BCUT2D eigenvalue weighted by atomic mass is 10.1. The monoisotopic (exact) mass is 368 g/mol. The molecule has 0 saturated carbocycles. The van der Waals surface area contributed by atoms with Gasteiger partial charge in [0.2, 0.25) is 0 Å². The van der Waals surface area contributed by atoms with E-state index in [0.29, 0.717) is 29.6 Å². The van der Waals surface area contributed by atoms with E-state index in [2.05, 4.69) is 21.2 Å². The van der Waals surface area contributed by atoms with Crippen LogP contribution >= 0.6 is 15.9 Å². The standard InChI is InChI=1S/C15H17BrN2O4/c1-21-5-3-4-18-15(20)11(9-17)6-10-7-12(16)8-13(22-2)14(10)19/h6-8,19H,3-5H2,1-2H3,(H,18,20)/b11-6+. The van der Waals surface area contributed by atoms with Crippen molar-refractivity contribution < 1.29 is 19.4 Å². The summed E-state index contributed by atoms with van der Waals surface area (Å²) in [6.07, 6.45) is 1.96. The second kappa shape index (κ2) is 9.07. The first-order valence-electron chi connectivity index (χ1n) is 6.49. The zero-order valence-corrected chi connectivity index (χ0v) is 13.9. The number of carbonyl (C=O) groups excluding carboxylic acids is 1. The van der Waals surface area contributed by atoms with Gasteiger partial charge in [0, 0.05) is 30.3 Å². The van der Waals surface area contributed by atoms with Crippen LogP contribution in [-0.4, -0.2) is 38.4 Å². The number of hydrogen-bond acceptors (Lipinski definition) is 5. The van der Waals surface area contributed by atoms with E-state index in [1.165, 1.54) is 13.2 Å². The number of phenols is 1. The fraction of sp³-hybridized carbons (Fsp3) is 0.333. The fourth-order valence-corrected chi connectivity index (χ4v) is 2.13. The molecule has 1 amide bonds. The molecule has 7 heteroatoms. The average molecular weight is 369 g/mol. The molecule has 118 valence electrons. The van der Waals surface area contributed by atoms with Crippen LogP contribution in [0.25, 0.3) is 6.08 Å². The maximum Gasteiger partial charge on any atom is 0.261 e. The molecule has 0 saturated heterocycles. The van der Waals surface area contributed by atoms with Crippen LogP contribution in [0.5, 0.6) is 11.5 Å². The van der Waals surface area contributed by atoms with E-state index in [9.17, 15) is 9.90 Å². The lowest BCUT2D eigenvalue weighted by Gasteiger charge is -2.08. The van der Waals surface area contributed by atoms with Crippen LogP contribution < -0.4 is 10.1 Å². The van der Waals surface area contributed by atoms with Gasteiger partial charge in [0.25, 0.3) is 5.91 Å². The number of halogens is 1. The topological polar surface area (TPSA) is 91.6 Å². The van der Waals surface area contributed by atoms with Gasteiger partial charge < -0.3 is 19.9 Å². The van der Waals surface area contributed by atoms with Crippen LogP contribution in [0.2, 0.25) is 0 Å². The highest BCUT2D eigenvalue weighted by molar-refractivity contribution is 9.10. The van der Waals surface area contributed by atoms with Crippen molar-refractivity contribution in [2.75, 3.05) is 27.4 Å². The summed E-state index contributed by atoms with van der Waals surface area (Å²) in [6, 6.07) is 5.00. The van der Waals surface area contributed by atoms with Gasteiger partial charge >= 0.3 is 0 Å². The Labute approximate surface area is 137 Å². The molecule has 0 atom stereocenters. The predicted molar refractivity (Wildman–Crippen MR) is 85.5 cm³/mol. The van der Waals surface area contributed by atoms with Gasteiger partial charge in [-0.25, -0.2) is 0 Å². The van der Waals surface area contributed by atoms with E-state index in [-0.39, 0.29) is 17.1 Å². The van der Waals surface area contributed by atoms with E-state index >= 15 is 0 Å². The molecule has 0 aromatic heterocycles. The highest BCUT2D eigenvalue weighted by atomic mass is 79.9. The molecule has 0 bridgehead atoms. The Bertz CT molecular complexity index is 608. The van der Waals surface area contributed by atoms with Crippen molar-refractivity contribution in [1.82, 2.24) is 5.32 Å². The SMILES string of the molecule is COCCCNC(=O)/C(C#N)=C/c1cc(Br)cc(OC)c1O. The first-order valence-corrected chi connectivity index (χ1v) is 7.28. The number of nitrogens with zero attached hydrogens (tertiary/aromatic N) is 1. The average Bonchev–Trinajstić information content (AvgIpc) is 2.51. The number of nitriles is 1. The highest BCUT2D eigenvalue weighted by Crippen LogP contribution is 2.34. The molecule has 22 heavy (non-hydrogen) atoms. The second-order valence-corrected chi connectivity index (χ2v) is 5.23. The molecule has 2 N–H and O–H groups in total. The van der Waals surface area contributed by atoms with Crippen LogP contribution in [0.3, 0.4) is 0 Å². The summed E-state index contributed by atoms with van der Waals surface area (Å²) in [5, 5.41) is 21.8. The molecule has 1 rings (SSSR count). The fourth-order valence-electron chi connectivity index (χ4n) is 1.68. The Morgan fingerprint density at radius 3 is 2.82 bits per heavy atom. The highest BCUT2D eigenvalue weighted by Gasteiger charge is 2.13. The summed E-state index contributed by atoms with van der Waals surface area (Å²) < 4.78 is 10.6. The van der Waals surface area contributed by atoms with Gasteiger partial charge in [-0.3, -0.25) is 4.79 Å². The summed E-state index contributed by atoms with van der Waals surface area (Å²) in [6.45, 7) is 0.926. The summed E-state index contributed by atoms with van der Waals surface area (Å²) in [5.74, 6) is -0.388. The number of aromatic hydroxyl groups is 1. The minimum Gasteiger partial charge on any atom is -0.504 e. The van der Waals surface area contributed by atoms with E-state index in [1.54, 1.807) is 19.2 Å². The van der Waals surface area contributed by atoms with Crippen molar-refractivity contribution in [3.8, 4) is 17.6 Å². The van der Waals surface area contributed by atoms with Gasteiger partial charge in [0.15, 0.2) is 11.5 Å². The largest absolute Gasteiger partial charge is 0.504 e. The number of nitrogens with one attached hydrogen (secondary N) is 1. The van der Waals surface area contributed by atoms with Crippen LogP contribution in [0, 0.1) is 11.3 Å². The number of ether oxygens (including phenoxy) is 2. The molecule has 0 heterocycles. The minimum absolute atomic E-state index is 0.104. The number of hydrogen-bond donors (Lipinski definition) is 2. The first-order chi connectivity index (χ1) is 10.5. The lowest BCUT2D eigenvalue weighted by molar-refractivity contribution is -0.117. The molecule has 1 aromatic rings. The third kappa shape index (κ3) is 5.06. The molecular weight excluding hydrogens is 352 g/mol. The Hall–Kier alpha value is -2.04. The third-order valence-corrected chi connectivity index (χ3v) is 3.22. The molecule has 0 fully saturated rings. The van der Waals surface area contributed by atoms with Crippen molar-refractivity contribution in [2.45, 2.75) is 6.42 Å². The van der Waals surface area contributed by atoms with Crippen LogP contribution in [0.4, 0.5) is 0 Å². The molecular formula is C15H17BrN2O4. The number of phenolic OH excluding ortho intramolecular Hbond substituents is 1. The quantitative estimate of drug-likeness (QED) is 0.437. The lowest BCUT2D eigenvalue weighted by Crippen LogP contribution is -2.26. The molecule has 0 radical (unpaired) electrons. The normalized spacial score (nSPS) is 10.9. The summed E-state index contributed by atoms with van der Waals surface area (Å²) >= 11 is 3.28. The van der Waals surface area contributed by atoms with E-state index in [1.807, 2.05) is 6.07 Å². The van der Waals surface area contributed by atoms with E-state index in [0.717, 1.165) is 0 Å². The summed E-state index contributed by atoms with van der Waals surface area (Å²) in [5.41, 5.74) is 0.211. The van der Waals surface area contributed by atoms with Crippen molar-refractivity contribution in [2.24, 2.45) is 0 Å². The minimum atomic E-state index is -0.503. The summed E-state index contributed by atoms with van der Waals surface area (Å²) in [7, 11) is 2.99. The van der Waals surface area contributed by atoms with E-state index < -0.39 is 5.91 Å². The van der Waals surface area contributed by atoms with Crippen molar-refractivity contribution in [1.29, 1.82) is 5.26 Å². The van der Waals surface area contributed by atoms with Gasteiger partial charge in [-0.05, 0) is 24.6 Å². The molecule has 0 aliphatic heterocycles. The van der Waals surface area contributed by atoms with Crippen LogP contribution in [0.15, 0.2) is 22.2 Å². The van der Waals surface area contributed by atoms with Crippen molar-refractivity contribution >= 4 is 27.9 Å². The Morgan fingerprint density at radius 2 is 2.23 bits per heavy atom. The maximum atomic E-state index is 11.9. The molecule has 6 nitrogen and oxygen atoms in total. The molecule has 0 unspecified atom stereocenters. The first kappa shape index (κ1) is 18.0. The Kier molecular flexibility index (Phi) is 7.43. The molecule has 1 aromatic carbocycles. The van der Waals surface area contributed by atoms with Crippen molar-refractivity contribution in [3.63, 3.8) is 0 Å². The molecule has 0 aliphatic carbocycles. The van der Waals surface area contributed by atoms with E-state index in [4.69, 9.17) is 14.7 Å². The number of carbonyl (C=O) groups is 1. The zero-order chi connectivity index (χ0) is 16.5. The number of benzene rings is 1. The van der Waals surface area contributed by atoms with Crippen LogP contribution in [0.1, 0.15) is 12.0 Å². The van der Waals surface area contributed by atoms with Gasteiger partial charge in [-0.2, -0.15) is 5.26 Å². The number of rotatable bonds is 7. The van der Waals surface area contributed by atoms with Crippen molar-refractivity contribution in [3.05, 3.63) is 27.7 Å². The smallest absolute Gasteiger partial charge is 0.261 e. The molecule has 0 spiro atoms. The number of methoxy groups -OCH3 is 2. The Morgan fingerprint density at radius 1 is 1.50 bits per heavy atom. The maximum absolute atomic E-state index is 11.9. The van der Waals surface area contributed by atoms with Gasteiger partial charge in [-0.1, -0.05) is 15.9 Å². The Balaban J connectivity index is 2.95. The van der Waals surface area contributed by atoms with Gasteiger partial charge in [-0.15, -0.1) is 0 Å². The second-order valence-electron chi connectivity index (χ2n) is 4.32. The zero-order valence-electron chi connectivity index (χ0n) is 12.4. The van der Waals surface area contributed by atoms with Gasteiger partial charge in [0.1, 0.15) is 11.6 Å². The molecule has 0 aliphatic rings.